The number of nitrogens with zero attached hydrogens (tertiary/aromatic N) is 1. The lowest BCUT2D eigenvalue weighted by atomic mass is 9.90. The van der Waals surface area contributed by atoms with Crippen molar-refractivity contribution >= 4 is 38.2 Å². The number of hydrogen-bond acceptors (Lipinski definition) is 3. The molecule has 0 unspecified atom stereocenters. The third-order valence-corrected chi connectivity index (χ3v) is 6.63. The Bertz CT molecular complexity index is 1160. The number of aryl methyl sites for hydroxylation is 1. The molecule has 0 aromatic heterocycles. The first-order valence-corrected chi connectivity index (χ1v) is 11.7. The minimum absolute atomic E-state index is 0.292. The molecule has 4 aromatic carbocycles. The molecule has 4 heteroatoms. The second-order valence-corrected chi connectivity index (χ2v) is 8.67. The molecule has 0 spiro atoms. The molecule has 160 valence electrons. The Hall–Kier alpha value is -2.69. The lowest BCUT2D eigenvalue weighted by molar-refractivity contribution is -0.131. The number of amides is 1. The van der Waals surface area contributed by atoms with Gasteiger partial charge in [-0.2, -0.15) is 0 Å². The van der Waals surface area contributed by atoms with E-state index in [4.69, 9.17) is 0 Å². The SMILES string of the molecule is O=C(CCCc1ccc2ccc3cccc4ccc1c2c34)N1CCCNCCNCC1. The van der Waals surface area contributed by atoms with Gasteiger partial charge in [-0.1, -0.05) is 54.6 Å². The summed E-state index contributed by atoms with van der Waals surface area (Å²) in [7, 11) is 0. The molecule has 31 heavy (non-hydrogen) atoms. The molecule has 1 amide bonds. The van der Waals surface area contributed by atoms with Crippen molar-refractivity contribution in [3.63, 3.8) is 0 Å². The molecule has 4 aromatic rings. The van der Waals surface area contributed by atoms with Gasteiger partial charge in [0, 0.05) is 39.1 Å². The highest BCUT2D eigenvalue weighted by Gasteiger charge is 2.15. The normalized spacial score (nSPS) is 16.3. The van der Waals surface area contributed by atoms with Crippen LogP contribution < -0.4 is 10.6 Å². The van der Waals surface area contributed by atoms with Gasteiger partial charge in [-0.15, -0.1) is 0 Å². The van der Waals surface area contributed by atoms with Crippen LogP contribution in [0.2, 0.25) is 0 Å². The second-order valence-electron chi connectivity index (χ2n) is 8.67. The first-order valence-electron chi connectivity index (χ1n) is 11.7. The van der Waals surface area contributed by atoms with Gasteiger partial charge in [-0.05, 0) is 63.7 Å². The summed E-state index contributed by atoms with van der Waals surface area (Å²) in [4.78, 5) is 14.9. The largest absolute Gasteiger partial charge is 0.341 e. The van der Waals surface area contributed by atoms with Crippen molar-refractivity contribution in [3.05, 3.63) is 60.2 Å². The van der Waals surface area contributed by atoms with Gasteiger partial charge in [0.1, 0.15) is 0 Å². The Kier molecular flexibility index (Phi) is 6.01. The number of hydrogen-bond donors (Lipinski definition) is 2. The van der Waals surface area contributed by atoms with Gasteiger partial charge in [-0.3, -0.25) is 4.79 Å². The summed E-state index contributed by atoms with van der Waals surface area (Å²) in [6.45, 7) is 5.50. The van der Waals surface area contributed by atoms with Crippen LogP contribution in [0.1, 0.15) is 24.8 Å². The van der Waals surface area contributed by atoms with Gasteiger partial charge in [-0.25, -0.2) is 0 Å². The average Bonchev–Trinajstić information content (AvgIpc) is 2.81. The van der Waals surface area contributed by atoms with Gasteiger partial charge in [0.05, 0.1) is 0 Å². The van der Waals surface area contributed by atoms with Crippen LogP contribution >= 0.6 is 0 Å². The molecule has 1 heterocycles. The zero-order valence-electron chi connectivity index (χ0n) is 18.1. The Morgan fingerprint density at radius 3 is 2.32 bits per heavy atom. The second kappa shape index (κ2) is 9.21. The van der Waals surface area contributed by atoms with Crippen LogP contribution in [0.5, 0.6) is 0 Å². The van der Waals surface area contributed by atoms with E-state index in [0.29, 0.717) is 12.3 Å². The summed E-state index contributed by atoms with van der Waals surface area (Å²) < 4.78 is 0. The van der Waals surface area contributed by atoms with E-state index in [9.17, 15) is 4.79 Å². The molecule has 1 fully saturated rings. The van der Waals surface area contributed by atoms with Crippen molar-refractivity contribution in [1.82, 2.24) is 15.5 Å². The topological polar surface area (TPSA) is 44.4 Å². The van der Waals surface area contributed by atoms with Crippen LogP contribution in [-0.4, -0.2) is 50.1 Å². The number of carbonyl (C=O) groups excluding carboxylic acids is 1. The highest BCUT2D eigenvalue weighted by Crippen LogP contribution is 2.36. The van der Waals surface area contributed by atoms with E-state index in [1.54, 1.807) is 0 Å². The van der Waals surface area contributed by atoms with E-state index in [1.165, 1.54) is 37.9 Å². The molecule has 2 N–H and O–H groups in total. The number of rotatable bonds is 4. The Morgan fingerprint density at radius 1 is 0.774 bits per heavy atom. The zero-order chi connectivity index (χ0) is 21.0. The summed E-state index contributed by atoms with van der Waals surface area (Å²) >= 11 is 0. The maximum Gasteiger partial charge on any atom is 0.222 e. The number of nitrogens with one attached hydrogen (secondary N) is 2. The Balaban J connectivity index is 1.31. The Labute approximate surface area is 183 Å². The summed E-state index contributed by atoms with van der Waals surface area (Å²) in [5, 5.41) is 14.8. The molecule has 0 bridgehead atoms. The van der Waals surface area contributed by atoms with Crippen molar-refractivity contribution in [2.45, 2.75) is 25.7 Å². The molecule has 0 saturated carbocycles. The highest BCUT2D eigenvalue weighted by molar-refractivity contribution is 6.23. The predicted molar refractivity (Wildman–Crippen MR) is 130 cm³/mol. The minimum atomic E-state index is 0.292. The standard InChI is InChI=1S/C27H31N3O/c31-25(30-18-3-14-28-15-16-29-17-19-30)7-2-4-20-8-9-23-11-10-21-5-1-6-22-12-13-24(20)27(23)26(21)22/h1,5-6,8-13,28-29H,2-4,7,14-19H2. The van der Waals surface area contributed by atoms with Crippen LogP contribution in [0.3, 0.4) is 0 Å². The van der Waals surface area contributed by atoms with E-state index >= 15 is 0 Å². The number of benzene rings is 4. The third kappa shape index (κ3) is 4.23. The van der Waals surface area contributed by atoms with E-state index in [1.807, 2.05) is 4.90 Å². The van der Waals surface area contributed by atoms with Crippen LogP contribution in [0.25, 0.3) is 32.3 Å². The van der Waals surface area contributed by atoms with Crippen LogP contribution in [0.15, 0.2) is 54.6 Å². The van der Waals surface area contributed by atoms with E-state index in [0.717, 1.165) is 58.5 Å². The predicted octanol–water partition coefficient (Wildman–Crippen LogP) is 4.32. The van der Waals surface area contributed by atoms with Crippen molar-refractivity contribution in [3.8, 4) is 0 Å². The minimum Gasteiger partial charge on any atom is -0.341 e. The van der Waals surface area contributed by atoms with Gasteiger partial charge in [0.2, 0.25) is 5.91 Å². The monoisotopic (exact) mass is 413 g/mol. The smallest absolute Gasteiger partial charge is 0.222 e. The van der Waals surface area contributed by atoms with Gasteiger partial charge >= 0.3 is 0 Å². The van der Waals surface area contributed by atoms with Crippen molar-refractivity contribution in [2.75, 3.05) is 39.3 Å². The molecule has 5 rings (SSSR count). The van der Waals surface area contributed by atoms with Gasteiger partial charge in [0.15, 0.2) is 0 Å². The van der Waals surface area contributed by atoms with Gasteiger partial charge < -0.3 is 15.5 Å². The fraction of sp³-hybridized carbons (Fsp3) is 0.370. The molecule has 4 nitrogen and oxygen atoms in total. The van der Waals surface area contributed by atoms with Gasteiger partial charge in [0.25, 0.3) is 0 Å². The van der Waals surface area contributed by atoms with E-state index < -0.39 is 0 Å². The Morgan fingerprint density at radius 2 is 1.48 bits per heavy atom. The molecular weight excluding hydrogens is 382 g/mol. The summed E-state index contributed by atoms with van der Waals surface area (Å²) in [6, 6.07) is 20.0. The molecule has 1 saturated heterocycles. The van der Waals surface area contributed by atoms with E-state index in [-0.39, 0.29) is 0 Å². The average molecular weight is 414 g/mol. The number of carbonyl (C=O) groups is 1. The summed E-state index contributed by atoms with van der Waals surface area (Å²) in [6.07, 6.45) is 3.48. The van der Waals surface area contributed by atoms with Crippen LogP contribution in [0, 0.1) is 0 Å². The fourth-order valence-electron chi connectivity index (χ4n) is 5.00. The zero-order valence-corrected chi connectivity index (χ0v) is 18.1. The summed E-state index contributed by atoms with van der Waals surface area (Å²) in [5.41, 5.74) is 1.35. The quantitative estimate of drug-likeness (QED) is 0.490. The molecule has 0 aliphatic carbocycles. The highest BCUT2D eigenvalue weighted by atomic mass is 16.2. The van der Waals surface area contributed by atoms with Crippen molar-refractivity contribution in [1.29, 1.82) is 0 Å². The molecule has 1 aliphatic rings. The van der Waals surface area contributed by atoms with Crippen molar-refractivity contribution < 1.29 is 4.79 Å². The fourth-order valence-corrected chi connectivity index (χ4v) is 5.00. The first-order chi connectivity index (χ1) is 15.3. The summed E-state index contributed by atoms with van der Waals surface area (Å²) in [5.74, 6) is 0.292. The molecule has 1 aliphatic heterocycles. The van der Waals surface area contributed by atoms with E-state index in [2.05, 4.69) is 65.2 Å². The maximum atomic E-state index is 12.9. The van der Waals surface area contributed by atoms with Crippen LogP contribution in [-0.2, 0) is 11.2 Å². The van der Waals surface area contributed by atoms with Crippen LogP contribution in [0.4, 0.5) is 0 Å². The first kappa shape index (κ1) is 20.2. The maximum absolute atomic E-state index is 12.9. The molecule has 0 atom stereocenters. The molecular formula is C27H31N3O. The lowest BCUT2D eigenvalue weighted by Gasteiger charge is -2.24. The molecule has 0 radical (unpaired) electrons. The third-order valence-electron chi connectivity index (χ3n) is 6.63. The lowest BCUT2D eigenvalue weighted by Crippen LogP contribution is -2.41. The van der Waals surface area contributed by atoms with Crippen molar-refractivity contribution in [2.24, 2.45) is 0 Å².